The molecule has 0 saturated heterocycles. The number of anilines is 1. The third-order valence-corrected chi connectivity index (χ3v) is 6.58. The number of aromatic nitrogens is 2. The number of ether oxygens (including phenoxy) is 2. The van der Waals surface area contributed by atoms with Crippen molar-refractivity contribution in [2.24, 2.45) is 0 Å². The van der Waals surface area contributed by atoms with Crippen LogP contribution < -0.4 is 19.7 Å². The highest BCUT2D eigenvalue weighted by Gasteiger charge is 2.37. The molecule has 0 aliphatic carbocycles. The summed E-state index contributed by atoms with van der Waals surface area (Å²) in [6, 6.07) is 18.2. The van der Waals surface area contributed by atoms with Gasteiger partial charge < -0.3 is 19.3 Å². The quantitative estimate of drug-likeness (QED) is 0.370. The molecule has 0 radical (unpaired) electrons. The fraction of sp³-hybridized carbons (Fsp3) is 0.179. The average Bonchev–Trinajstić information content (AvgIpc) is 3.59. The summed E-state index contributed by atoms with van der Waals surface area (Å²) < 4.78 is 30.4. The molecule has 0 spiro atoms. The monoisotopic (exact) mass is 498 g/mol. The SMILES string of the molecule is CCc1ccc(-c2noc(C3=C(C)N(c4ccc5c(c4)OCO5)C(=O)NC3c3ccc(F)cc3)n2)cc1. The topological polar surface area (TPSA) is 89.7 Å². The van der Waals surface area contributed by atoms with E-state index in [4.69, 9.17) is 14.0 Å². The minimum atomic E-state index is -0.630. The summed E-state index contributed by atoms with van der Waals surface area (Å²) >= 11 is 0. The van der Waals surface area contributed by atoms with Gasteiger partial charge in [-0.25, -0.2) is 9.18 Å². The molecule has 3 heterocycles. The van der Waals surface area contributed by atoms with E-state index < -0.39 is 6.04 Å². The molecular formula is C28H23FN4O4. The van der Waals surface area contributed by atoms with Crippen LogP contribution in [0.1, 0.15) is 36.9 Å². The number of hydrogen-bond donors (Lipinski definition) is 1. The minimum absolute atomic E-state index is 0.127. The smallest absolute Gasteiger partial charge is 0.327 e. The Bertz CT molecular complexity index is 1510. The summed E-state index contributed by atoms with van der Waals surface area (Å²) in [5.74, 6) is 1.49. The molecule has 1 unspecified atom stereocenters. The molecule has 3 aromatic carbocycles. The second kappa shape index (κ2) is 9.09. The molecule has 1 atom stereocenters. The van der Waals surface area contributed by atoms with Crippen LogP contribution in [-0.4, -0.2) is 23.0 Å². The Morgan fingerprint density at radius 1 is 1.03 bits per heavy atom. The van der Waals surface area contributed by atoms with Gasteiger partial charge in [0.05, 0.1) is 17.3 Å². The first kappa shape index (κ1) is 22.8. The van der Waals surface area contributed by atoms with Crippen molar-refractivity contribution in [1.29, 1.82) is 0 Å². The zero-order valence-corrected chi connectivity index (χ0v) is 20.2. The number of carbonyl (C=O) groups is 1. The van der Waals surface area contributed by atoms with Crippen molar-refractivity contribution in [3.8, 4) is 22.9 Å². The first-order valence-corrected chi connectivity index (χ1v) is 11.9. The van der Waals surface area contributed by atoms with Gasteiger partial charge in [0.15, 0.2) is 11.5 Å². The van der Waals surface area contributed by atoms with Crippen molar-refractivity contribution in [1.82, 2.24) is 15.5 Å². The van der Waals surface area contributed by atoms with Gasteiger partial charge >= 0.3 is 6.03 Å². The molecule has 9 heteroatoms. The Balaban J connectivity index is 1.46. The normalized spacial score (nSPS) is 16.8. The number of urea groups is 1. The van der Waals surface area contributed by atoms with Crippen LogP contribution in [0.4, 0.5) is 14.9 Å². The first-order valence-electron chi connectivity index (χ1n) is 11.9. The lowest BCUT2D eigenvalue weighted by molar-refractivity contribution is 0.174. The standard InChI is InChI=1S/C28H23FN4O4/c1-3-17-4-6-19(7-5-17)26-31-27(37-32-26)24-16(2)33(21-12-13-22-23(14-21)36-15-35-22)28(34)30-25(24)18-8-10-20(29)11-9-18/h4-14,25H,3,15H2,1-2H3,(H,30,34). The molecule has 186 valence electrons. The van der Waals surface area contributed by atoms with E-state index in [0.717, 1.165) is 12.0 Å². The summed E-state index contributed by atoms with van der Waals surface area (Å²) in [6.07, 6.45) is 0.929. The van der Waals surface area contributed by atoms with Gasteiger partial charge in [-0.3, -0.25) is 4.90 Å². The van der Waals surface area contributed by atoms with E-state index in [9.17, 15) is 9.18 Å². The molecular weight excluding hydrogens is 475 g/mol. The molecule has 0 bridgehead atoms. The van der Waals surface area contributed by atoms with E-state index in [1.807, 2.05) is 31.2 Å². The molecule has 2 aliphatic heterocycles. The number of nitrogens with one attached hydrogen (secondary N) is 1. The van der Waals surface area contributed by atoms with E-state index in [2.05, 4.69) is 22.4 Å². The van der Waals surface area contributed by atoms with Crippen LogP contribution in [0, 0.1) is 5.82 Å². The van der Waals surface area contributed by atoms with Gasteiger partial charge in [0.1, 0.15) is 5.82 Å². The maximum atomic E-state index is 13.7. The van der Waals surface area contributed by atoms with Gasteiger partial charge in [-0.1, -0.05) is 48.5 Å². The summed E-state index contributed by atoms with van der Waals surface area (Å²) in [5, 5.41) is 7.23. The Kier molecular flexibility index (Phi) is 5.60. The number of nitrogens with zero attached hydrogens (tertiary/aromatic N) is 3. The van der Waals surface area contributed by atoms with Crippen LogP contribution in [0.5, 0.6) is 11.5 Å². The summed E-state index contributed by atoms with van der Waals surface area (Å²) in [7, 11) is 0. The number of aryl methyl sites for hydroxylation is 1. The maximum absolute atomic E-state index is 13.7. The zero-order valence-electron chi connectivity index (χ0n) is 20.2. The van der Waals surface area contributed by atoms with E-state index in [-0.39, 0.29) is 24.5 Å². The highest BCUT2D eigenvalue weighted by Crippen LogP contribution is 2.42. The van der Waals surface area contributed by atoms with E-state index in [1.54, 1.807) is 30.3 Å². The molecule has 2 aliphatic rings. The van der Waals surface area contributed by atoms with E-state index >= 15 is 0 Å². The molecule has 6 rings (SSSR count). The van der Waals surface area contributed by atoms with Crippen molar-refractivity contribution < 1.29 is 23.2 Å². The lowest BCUT2D eigenvalue weighted by Crippen LogP contribution is -2.46. The lowest BCUT2D eigenvalue weighted by atomic mass is 9.94. The van der Waals surface area contributed by atoms with Crippen molar-refractivity contribution in [3.05, 3.63) is 95.3 Å². The molecule has 1 aromatic heterocycles. The van der Waals surface area contributed by atoms with Crippen molar-refractivity contribution in [3.63, 3.8) is 0 Å². The van der Waals surface area contributed by atoms with Gasteiger partial charge in [-0.05, 0) is 48.7 Å². The maximum Gasteiger partial charge on any atom is 0.327 e. The number of benzene rings is 3. The molecule has 2 amide bonds. The van der Waals surface area contributed by atoms with Crippen LogP contribution in [0.25, 0.3) is 17.0 Å². The minimum Gasteiger partial charge on any atom is -0.454 e. The van der Waals surface area contributed by atoms with Crippen molar-refractivity contribution in [2.75, 3.05) is 11.7 Å². The molecule has 0 fully saturated rings. The number of halogens is 1. The van der Waals surface area contributed by atoms with Gasteiger partial charge in [-0.2, -0.15) is 4.98 Å². The number of carbonyl (C=O) groups excluding carboxylic acids is 1. The van der Waals surface area contributed by atoms with E-state index in [0.29, 0.717) is 39.8 Å². The Hall–Kier alpha value is -4.66. The predicted octanol–water partition coefficient (Wildman–Crippen LogP) is 5.87. The number of amides is 2. The molecule has 0 saturated carbocycles. The van der Waals surface area contributed by atoms with Crippen LogP contribution in [-0.2, 0) is 6.42 Å². The summed E-state index contributed by atoms with van der Waals surface area (Å²) in [5.41, 5.74) is 4.49. The van der Waals surface area contributed by atoms with Crippen LogP contribution in [0.3, 0.4) is 0 Å². The fourth-order valence-corrected chi connectivity index (χ4v) is 4.60. The predicted molar refractivity (Wildman–Crippen MR) is 134 cm³/mol. The summed E-state index contributed by atoms with van der Waals surface area (Å²) in [4.78, 5) is 19.6. The average molecular weight is 499 g/mol. The first-order chi connectivity index (χ1) is 18.0. The zero-order chi connectivity index (χ0) is 25.5. The molecule has 4 aromatic rings. The van der Waals surface area contributed by atoms with Crippen molar-refractivity contribution >= 4 is 17.3 Å². The Labute approximate surface area is 212 Å². The van der Waals surface area contributed by atoms with Crippen LogP contribution in [0.15, 0.2) is 77.0 Å². The number of rotatable bonds is 5. The highest BCUT2D eigenvalue weighted by molar-refractivity contribution is 6.01. The summed E-state index contributed by atoms with van der Waals surface area (Å²) in [6.45, 7) is 4.03. The highest BCUT2D eigenvalue weighted by atomic mass is 19.1. The van der Waals surface area contributed by atoms with Crippen LogP contribution in [0.2, 0.25) is 0 Å². The lowest BCUT2D eigenvalue weighted by Gasteiger charge is -2.35. The van der Waals surface area contributed by atoms with Crippen molar-refractivity contribution in [2.45, 2.75) is 26.3 Å². The van der Waals surface area contributed by atoms with Gasteiger partial charge in [-0.15, -0.1) is 0 Å². The second-order valence-corrected chi connectivity index (χ2v) is 8.78. The number of hydrogen-bond acceptors (Lipinski definition) is 6. The van der Waals surface area contributed by atoms with Gasteiger partial charge in [0.25, 0.3) is 5.89 Å². The number of allylic oxidation sites excluding steroid dienone is 1. The largest absolute Gasteiger partial charge is 0.454 e. The second-order valence-electron chi connectivity index (χ2n) is 8.78. The third-order valence-electron chi connectivity index (χ3n) is 6.58. The molecule has 37 heavy (non-hydrogen) atoms. The number of fused-ring (bicyclic) bond motifs is 1. The Morgan fingerprint density at radius 2 is 1.78 bits per heavy atom. The molecule has 8 nitrogen and oxygen atoms in total. The van der Waals surface area contributed by atoms with Gasteiger partial charge in [0, 0.05) is 17.3 Å². The van der Waals surface area contributed by atoms with Gasteiger partial charge in [0.2, 0.25) is 12.6 Å². The molecule has 1 N–H and O–H groups in total. The third kappa shape index (κ3) is 4.08. The van der Waals surface area contributed by atoms with Crippen LogP contribution >= 0.6 is 0 Å². The Morgan fingerprint density at radius 3 is 2.54 bits per heavy atom. The van der Waals surface area contributed by atoms with E-state index in [1.165, 1.54) is 22.6 Å². The fourth-order valence-electron chi connectivity index (χ4n) is 4.60.